The maximum Gasteiger partial charge on any atom is 0.243 e. The van der Waals surface area contributed by atoms with Crippen LogP contribution in [0.5, 0.6) is 0 Å². The SMILES string of the molecule is O=C1C=CC=CCCN1. The standard InChI is InChI=1S/C7H9NO/c9-7-5-3-1-2-4-6-8-7/h1-3,5H,4,6H2,(H,8,9). The molecule has 48 valence electrons. The van der Waals surface area contributed by atoms with Crippen molar-refractivity contribution in [2.75, 3.05) is 6.54 Å². The van der Waals surface area contributed by atoms with E-state index < -0.39 is 0 Å². The van der Waals surface area contributed by atoms with Gasteiger partial charge in [-0.1, -0.05) is 18.2 Å². The second-order valence-electron chi connectivity index (χ2n) is 1.87. The highest BCUT2D eigenvalue weighted by Crippen LogP contribution is 1.86. The summed E-state index contributed by atoms with van der Waals surface area (Å²) >= 11 is 0. The maximum atomic E-state index is 10.6. The van der Waals surface area contributed by atoms with Crippen LogP contribution in [0.1, 0.15) is 6.42 Å². The second kappa shape index (κ2) is 3.07. The molecule has 0 radical (unpaired) electrons. The minimum Gasteiger partial charge on any atom is -0.352 e. The lowest BCUT2D eigenvalue weighted by Crippen LogP contribution is -2.22. The zero-order valence-electron chi connectivity index (χ0n) is 5.13. The van der Waals surface area contributed by atoms with Gasteiger partial charge in [0.25, 0.3) is 0 Å². The highest BCUT2D eigenvalue weighted by atomic mass is 16.1. The van der Waals surface area contributed by atoms with E-state index in [4.69, 9.17) is 0 Å². The van der Waals surface area contributed by atoms with Gasteiger partial charge in [0.1, 0.15) is 0 Å². The molecule has 1 rings (SSSR count). The predicted molar refractivity (Wildman–Crippen MR) is 35.9 cm³/mol. The van der Waals surface area contributed by atoms with Crippen LogP contribution in [0, 0.1) is 0 Å². The summed E-state index contributed by atoms with van der Waals surface area (Å²) in [6.45, 7) is 0.750. The average Bonchev–Trinajstić information content (AvgIpc) is 1.79. The van der Waals surface area contributed by atoms with Gasteiger partial charge in [0, 0.05) is 12.6 Å². The molecule has 1 heterocycles. The summed E-state index contributed by atoms with van der Waals surface area (Å²) in [4.78, 5) is 10.6. The van der Waals surface area contributed by atoms with Crippen LogP contribution in [0.3, 0.4) is 0 Å². The molecule has 1 aliphatic rings. The van der Waals surface area contributed by atoms with Gasteiger partial charge >= 0.3 is 0 Å². The van der Waals surface area contributed by atoms with Crippen LogP contribution in [0.15, 0.2) is 24.3 Å². The van der Waals surface area contributed by atoms with Gasteiger partial charge in [0.05, 0.1) is 0 Å². The highest BCUT2D eigenvalue weighted by Gasteiger charge is 1.92. The number of hydrogen-bond donors (Lipinski definition) is 1. The van der Waals surface area contributed by atoms with E-state index in [1.807, 2.05) is 12.2 Å². The van der Waals surface area contributed by atoms with E-state index in [-0.39, 0.29) is 5.91 Å². The maximum absolute atomic E-state index is 10.6. The van der Waals surface area contributed by atoms with Crippen LogP contribution in [-0.2, 0) is 4.79 Å². The molecule has 0 aromatic heterocycles. The molecule has 0 aromatic carbocycles. The number of carbonyl (C=O) groups excluding carboxylic acids is 1. The van der Waals surface area contributed by atoms with Crippen molar-refractivity contribution in [3.63, 3.8) is 0 Å². The quantitative estimate of drug-likeness (QED) is 0.502. The Bertz CT molecular complexity index is 158. The third-order valence-corrected chi connectivity index (χ3v) is 1.11. The zero-order valence-corrected chi connectivity index (χ0v) is 5.13. The fourth-order valence-electron chi connectivity index (χ4n) is 0.655. The molecule has 0 aromatic rings. The van der Waals surface area contributed by atoms with Crippen molar-refractivity contribution in [1.82, 2.24) is 5.32 Å². The molecule has 9 heavy (non-hydrogen) atoms. The first-order chi connectivity index (χ1) is 4.39. The van der Waals surface area contributed by atoms with Crippen molar-refractivity contribution in [3.05, 3.63) is 24.3 Å². The highest BCUT2D eigenvalue weighted by molar-refractivity contribution is 5.87. The number of carbonyl (C=O) groups is 1. The Balaban J connectivity index is 2.54. The summed E-state index contributed by atoms with van der Waals surface area (Å²) in [5.41, 5.74) is 0. The summed E-state index contributed by atoms with van der Waals surface area (Å²) in [6.07, 6.45) is 8.11. The second-order valence-corrected chi connectivity index (χ2v) is 1.87. The van der Waals surface area contributed by atoms with Crippen molar-refractivity contribution in [2.24, 2.45) is 0 Å². The van der Waals surface area contributed by atoms with Gasteiger partial charge in [-0.2, -0.15) is 0 Å². The van der Waals surface area contributed by atoms with Crippen molar-refractivity contribution in [2.45, 2.75) is 6.42 Å². The molecule has 1 amide bonds. The van der Waals surface area contributed by atoms with Crippen LogP contribution in [-0.4, -0.2) is 12.5 Å². The molecule has 0 spiro atoms. The van der Waals surface area contributed by atoms with E-state index in [0.717, 1.165) is 13.0 Å². The largest absolute Gasteiger partial charge is 0.352 e. The molecule has 2 nitrogen and oxygen atoms in total. The van der Waals surface area contributed by atoms with E-state index in [1.165, 1.54) is 6.08 Å². The van der Waals surface area contributed by atoms with Gasteiger partial charge in [-0.25, -0.2) is 0 Å². The van der Waals surface area contributed by atoms with E-state index in [9.17, 15) is 4.79 Å². The van der Waals surface area contributed by atoms with Gasteiger partial charge in [-0.3, -0.25) is 4.79 Å². The van der Waals surface area contributed by atoms with Gasteiger partial charge < -0.3 is 5.32 Å². The fraction of sp³-hybridized carbons (Fsp3) is 0.286. The van der Waals surface area contributed by atoms with Crippen LogP contribution >= 0.6 is 0 Å². The third-order valence-electron chi connectivity index (χ3n) is 1.11. The number of hydrogen-bond acceptors (Lipinski definition) is 1. The zero-order chi connectivity index (χ0) is 6.53. The average molecular weight is 123 g/mol. The van der Waals surface area contributed by atoms with E-state index in [0.29, 0.717) is 0 Å². The lowest BCUT2D eigenvalue weighted by molar-refractivity contribution is -0.116. The van der Waals surface area contributed by atoms with Crippen molar-refractivity contribution in [3.8, 4) is 0 Å². The minimum atomic E-state index is -0.000602. The molecule has 0 fully saturated rings. The molecule has 1 aliphatic heterocycles. The molecule has 0 bridgehead atoms. The van der Waals surface area contributed by atoms with Gasteiger partial charge in [0.2, 0.25) is 5.91 Å². The molecular formula is C7H9NO. The van der Waals surface area contributed by atoms with Crippen LogP contribution in [0.4, 0.5) is 0 Å². The smallest absolute Gasteiger partial charge is 0.243 e. The predicted octanol–water partition coefficient (Wildman–Crippen LogP) is 0.619. The molecule has 1 N–H and O–H groups in total. The van der Waals surface area contributed by atoms with Crippen LogP contribution in [0.2, 0.25) is 0 Å². The summed E-state index contributed by atoms with van der Waals surface area (Å²) in [5.74, 6) is -0.000602. The Morgan fingerprint density at radius 2 is 2.33 bits per heavy atom. The lowest BCUT2D eigenvalue weighted by atomic mass is 10.3. The van der Waals surface area contributed by atoms with Crippen molar-refractivity contribution < 1.29 is 4.79 Å². The molecule has 0 saturated heterocycles. The van der Waals surface area contributed by atoms with Gasteiger partial charge in [-0.05, 0) is 6.42 Å². The summed E-state index contributed by atoms with van der Waals surface area (Å²) in [7, 11) is 0. The number of allylic oxidation sites excluding steroid dienone is 2. The van der Waals surface area contributed by atoms with Crippen LogP contribution < -0.4 is 5.32 Å². The Labute approximate surface area is 54.3 Å². The molecule has 0 unspecified atom stereocenters. The topological polar surface area (TPSA) is 29.1 Å². The molecule has 2 heteroatoms. The summed E-state index contributed by atoms with van der Waals surface area (Å²) in [5, 5.41) is 2.71. The normalized spacial score (nSPS) is 18.4. The first-order valence-electron chi connectivity index (χ1n) is 3.00. The fourth-order valence-corrected chi connectivity index (χ4v) is 0.655. The number of nitrogens with one attached hydrogen (secondary N) is 1. The molecule has 0 saturated carbocycles. The van der Waals surface area contributed by atoms with Gasteiger partial charge in [0.15, 0.2) is 0 Å². The number of amides is 1. The van der Waals surface area contributed by atoms with E-state index >= 15 is 0 Å². The molecular weight excluding hydrogens is 114 g/mol. The van der Waals surface area contributed by atoms with Crippen molar-refractivity contribution in [1.29, 1.82) is 0 Å². The minimum absolute atomic E-state index is 0.000602. The first-order valence-corrected chi connectivity index (χ1v) is 3.00. The number of rotatable bonds is 0. The lowest BCUT2D eigenvalue weighted by Gasteiger charge is -1.99. The molecule has 0 aliphatic carbocycles. The Morgan fingerprint density at radius 1 is 1.44 bits per heavy atom. The van der Waals surface area contributed by atoms with E-state index in [1.54, 1.807) is 6.08 Å². The Morgan fingerprint density at radius 3 is 3.22 bits per heavy atom. The monoisotopic (exact) mass is 123 g/mol. The Kier molecular flexibility index (Phi) is 2.07. The summed E-state index contributed by atoms with van der Waals surface area (Å²) < 4.78 is 0. The van der Waals surface area contributed by atoms with Gasteiger partial charge in [-0.15, -0.1) is 0 Å². The van der Waals surface area contributed by atoms with Crippen molar-refractivity contribution >= 4 is 5.91 Å². The summed E-state index contributed by atoms with van der Waals surface area (Å²) in [6, 6.07) is 0. The Hall–Kier alpha value is -1.05. The van der Waals surface area contributed by atoms with E-state index in [2.05, 4.69) is 5.32 Å². The first kappa shape index (κ1) is 6.08. The van der Waals surface area contributed by atoms with Crippen LogP contribution in [0.25, 0.3) is 0 Å². The molecule has 0 atom stereocenters. The third kappa shape index (κ3) is 2.13.